The van der Waals surface area contributed by atoms with E-state index < -0.39 is 10.3 Å². The Balaban J connectivity index is 3.04. The SMILES string of the molecule is Nc1cc(Cl)ccc1OS(N)(=O)=O. The number of hydrogen-bond acceptors (Lipinski definition) is 4. The first-order valence-corrected chi connectivity index (χ1v) is 5.00. The van der Waals surface area contributed by atoms with Crippen molar-refractivity contribution in [2.75, 3.05) is 5.73 Å². The van der Waals surface area contributed by atoms with Gasteiger partial charge in [0.1, 0.15) is 0 Å². The maximum atomic E-state index is 10.5. The molecule has 4 N–H and O–H groups in total. The quantitative estimate of drug-likeness (QED) is 0.713. The maximum absolute atomic E-state index is 10.5. The van der Waals surface area contributed by atoms with E-state index in [1.54, 1.807) is 0 Å². The van der Waals surface area contributed by atoms with Gasteiger partial charge in [0.05, 0.1) is 5.69 Å². The summed E-state index contributed by atoms with van der Waals surface area (Å²) in [6.45, 7) is 0. The zero-order valence-corrected chi connectivity index (χ0v) is 7.97. The number of benzene rings is 1. The van der Waals surface area contributed by atoms with Gasteiger partial charge in [0, 0.05) is 5.02 Å². The molecule has 0 heterocycles. The van der Waals surface area contributed by atoms with Gasteiger partial charge in [-0.2, -0.15) is 13.6 Å². The largest absolute Gasteiger partial charge is 0.396 e. The van der Waals surface area contributed by atoms with Crippen LogP contribution in [0.2, 0.25) is 5.02 Å². The lowest BCUT2D eigenvalue weighted by atomic mass is 10.3. The second-order valence-electron chi connectivity index (χ2n) is 2.26. The fraction of sp³-hybridized carbons (Fsp3) is 0. The molecule has 7 heteroatoms. The number of rotatable bonds is 2. The zero-order chi connectivity index (χ0) is 10.1. The predicted octanol–water partition coefficient (Wildman–Crippen LogP) is 0.505. The Morgan fingerprint density at radius 2 is 2.00 bits per heavy atom. The van der Waals surface area contributed by atoms with Crippen LogP contribution in [0.4, 0.5) is 5.69 Å². The van der Waals surface area contributed by atoms with Gasteiger partial charge in [0.15, 0.2) is 5.75 Å². The summed E-state index contributed by atoms with van der Waals surface area (Å²) in [5, 5.41) is 5.02. The number of anilines is 1. The minimum Gasteiger partial charge on any atom is -0.396 e. The van der Waals surface area contributed by atoms with Crippen LogP contribution >= 0.6 is 11.6 Å². The highest BCUT2D eigenvalue weighted by Crippen LogP contribution is 2.25. The van der Waals surface area contributed by atoms with Gasteiger partial charge in [0.25, 0.3) is 0 Å². The molecule has 0 amide bonds. The molecule has 1 aromatic carbocycles. The molecular formula is C6H7ClN2O3S. The second-order valence-corrected chi connectivity index (χ2v) is 3.85. The molecule has 0 unspecified atom stereocenters. The summed E-state index contributed by atoms with van der Waals surface area (Å²) in [6, 6.07) is 4.13. The third kappa shape index (κ3) is 3.10. The molecule has 0 aromatic heterocycles. The Morgan fingerprint density at radius 1 is 1.38 bits per heavy atom. The Labute approximate surface area is 80.5 Å². The molecule has 0 aliphatic carbocycles. The van der Waals surface area contributed by atoms with Crippen molar-refractivity contribution in [1.82, 2.24) is 0 Å². The fourth-order valence-electron chi connectivity index (χ4n) is 0.720. The van der Waals surface area contributed by atoms with Crippen LogP contribution in [0.3, 0.4) is 0 Å². The summed E-state index contributed by atoms with van der Waals surface area (Å²) in [4.78, 5) is 0. The van der Waals surface area contributed by atoms with Crippen LogP contribution in [-0.4, -0.2) is 8.42 Å². The zero-order valence-electron chi connectivity index (χ0n) is 6.40. The lowest BCUT2D eigenvalue weighted by Crippen LogP contribution is -2.19. The molecule has 0 aliphatic heterocycles. The smallest absolute Gasteiger partial charge is 0.380 e. The third-order valence-electron chi connectivity index (χ3n) is 1.18. The van der Waals surface area contributed by atoms with Gasteiger partial charge in [-0.25, -0.2) is 0 Å². The number of nitrogen functional groups attached to an aromatic ring is 1. The van der Waals surface area contributed by atoms with Gasteiger partial charge in [0.2, 0.25) is 0 Å². The van der Waals surface area contributed by atoms with Crippen molar-refractivity contribution in [2.24, 2.45) is 5.14 Å². The fourth-order valence-corrected chi connectivity index (χ4v) is 1.30. The van der Waals surface area contributed by atoms with E-state index in [0.717, 1.165) is 0 Å². The third-order valence-corrected chi connectivity index (χ3v) is 1.82. The Kier molecular flexibility index (Phi) is 2.65. The Bertz CT molecular complexity index is 418. The summed E-state index contributed by atoms with van der Waals surface area (Å²) in [5.74, 6) is -0.0353. The molecular weight excluding hydrogens is 216 g/mol. The summed E-state index contributed by atoms with van der Waals surface area (Å²) in [7, 11) is -4.04. The molecule has 0 aliphatic rings. The minimum atomic E-state index is -4.04. The molecule has 0 saturated carbocycles. The van der Waals surface area contributed by atoms with E-state index in [9.17, 15) is 8.42 Å². The molecule has 5 nitrogen and oxygen atoms in total. The van der Waals surface area contributed by atoms with Gasteiger partial charge >= 0.3 is 10.3 Å². The highest BCUT2D eigenvalue weighted by atomic mass is 35.5. The summed E-state index contributed by atoms with van der Waals surface area (Å²) >= 11 is 5.57. The monoisotopic (exact) mass is 222 g/mol. The molecule has 0 spiro atoms. The predicted molar refractivity (Wildman–Crippen MR) is 49.6 cm³/mol. The Hall–Kier alpha value is -0.980. The summed E-state index contributed by atoms with van der Waals surface area (Å²) in [5.41, 5.74) is 5.51. The van der Waals surface area contributed by atoms with Crippen LogP contribution in [0.5, 0.6) is 5.75 Å². The van der Waals surface area contributed by atoms with Crippen LogP contribution in [0.15, 0.2) is 18.2 Å². The van der Waals surface area contributed by atoms with E-state index in [2.05, 4.69) is 9.32 Å². The van der Waals surface area contributed by atoms with E-state index in [-0.39, 0.29) is 11.4 Å². The summed E-state index contributed by atoms with van der Waals surface area (Å²) in [6.07, 6.45) is 0. The first-order valence-electron chi connectivity index (χ1n) is 3.16. The first kappa shape index (κ1) is 10.1. The lowest BCUT2D eigenvalue weighted by Gasteiger charge is -2.05. The summed E-state index contributed by atoms with van der Waals surface area (Å²) < 4.78 is 25.4. The van der Waals surface area contributed by atoms with Gasteiger partial charge < -0.3 is 9.92 Å². The van der Waals surface area contributed by atoms with Crippen molar-refractivity contribution in [3.8, 4) is 5.75 Å². The molecule has 0 saturated heterocycles. The normalized spacial score (nSPS) is 11.2. The van der Waals surface area contributed by atoms with E-state index in [1.807, 2.05) is 0 Å². The van der Waals surface area contributed by atoms with E-state index >= 15 is 0 Å². The number of halogens is 1. The van der Waals surface area contributed by atoms with Crippen LogP contribution in [0, 0.1) is 0 Å². The molecule has 0 radical (unpaired) electrons. The van der Waals surface area contributed by atoms with Crippen LogP contribution in [-0.2, 0) is 10.3 Å². The van der Waals surface area contributed by atoms with Gasteiger partial charge in [-0.05, 0) is 18.2 Å². The molecule has 0 bridgehead atoms. The second kappa shape index (κ2) is 3.41. The molecule has 13 heavy (non-hydrogen) atoms. The first-order chi connectivity index (χ1) is 5.88. The van der Waals surface area contributed by atoms with Crippen molar-refractivity contribution in [2.45, 2.75) is 0 Å². The average Bonchev–Trinajstić information content (AvgIpc) is 1.93. The lowest BCUT2D eigenvalue weighted by molar-refractivity contribution is 0.489. The van der Waals surface area contributed by atoms with Crippen molar-refractivity contribution in [3.63, 3.8) is 0 Å². The Morgan fingerprint density at radius 3 is 2.46 bits per heavy atom. The van der Waals surface area contributed by atoms with Gasteiger partial charge in [-0.15, -0.1) is 0 Å². The molecule has 0 atom stereocenters. The van der Waals surface area contributed by atoms with Crippen molar-refractivity contribution >= 4 is 27.6 Å². The molecule has 1 aromatic rings. The van der Waals surface area contributed by atoms with E-state index in [4.69, 9.17) is 17.3 Å². The standard InChI is InChI=1S/C6H7ClN2O3S/c7-4-1-2-6(5(8)3-4)12-13(9,10)11/h1-3H,8H2,(H2,9,10,11). The van der Waals surface area contributed by atoms with Crippen LogP contribution in [0.1, 0.15) is 0 Å². The highest BCUT2D eigenvalue weighted by Gasteiger charge is 2.08. The van der Waals surface area contributed by atoms with E-state index in [0.29, 0.717) is 5.02 Å². The number of hydrogen-bond donors (Lipinski definition) is 2. The topological polar surface area (TPSA) is 95.4 Å². The van der Waals surface area contributed by atoms with Crippen LogP contribution < -0.4 is 15.1 Å². The van der Waals surface area contributed by atoms with Gasteiger partial charge in [-0.3, -0.25) is 0 Å². The van der Waals surface area contributed by atoms with Gasteiger partial charge in [-0.1, -0.05) is 11.6 Å². The molecule has 0 fully saturated rings. The van der Waals surface area contributed by atoms with Crippen molar-refractivity contribution in [1.29, 1.82) is 0 Å². The molecule has 72 valence electrons. The van der Waals surface area contributed by atoms with E-state index in [1.165, 1.54) is 18.2 Å². The van der Waals surface area contributed by atoms with Crippen molar-refractivity contribution < 1.29 is 12.6 Å². The number of nitrogens with two attached hydrogens (primary N) is 2. The van der Waals surface area contributed by atoms with Crippen molar-refractivity contribution in [3.05, 3.63) is 23.2 Å². The average molecular weight is 223 g/mol. The minimum absolute atomic E-state index is 0.0353. The molecule has 1 rings (SSSR count). The highest BCUT2D eigenvalue weighted by molar-refractivity contribution is 7.84. The maximum Gasteiger partial charge on any atom is 0.380 e. The van der Waals surface area contributed by atoms with Crippen LogP contribution in [0.25, 0.3) is 0 Å².